The van der Waals surface area contributed by atoms with Gasteiger partial charge in [-0.15, -0.1) is 10.2 Å². The first kappa shape index (κ1) is 14.5. The number of aromatic nitrogens is 3. The summed E-state index contributed by atoms with van der Waals surface area (Å²) in [4.78, 5) is 12.9. The smallest absolute Gasteiger partial charge is 0.414 e. The number of carbonyl (C=O) groups is 1. The van der Waals surface area contributed by atoms with Gasteiger partial charge in [0, 0.05) is 14.1 Å². The van der Waals surface area contributed by atoms with Crippen LogP contribution in [0.2, 0.25) is 0 Å². The molecule has 1 amide bonds. The molecule has 2 rings (SSSR count). The third kappa shape index (κ3) is 3.78. The van der Waals surface area contributed by atoms with Gasteiger partial charge in [-0.05, 0) is 23.8 Å². The average molecular weight is 289 g/mol. The summed E-state index contributed by atoms with van der Waals surface area (Å²) in [6.45, 7) is 0. The maximum atomic E-state index is 11.6. The number of nitrogens with zero attached hydrogens (tertiary/aromatic N) is 5. The molecule has 0 aliphatic rings. The van der Waals surface area contributed by atoms with Gasteiger partial charge in [0.1, 0.15) is 12.7 Å². The summed E-state index contributed by atoms with van der Waals surface area (Å²) in [5, 5.41) is 11.4. The molecule has 8 nitrogen and oxygen atoms in total. The van der Waals surface area contributed by atoms with Crippen LogP contribution in [0.5, 0.6) is 11.5 Å². The summed E-state index contributed by atoms with van der Waals surface area (Å²) >= 11 is 0. The first-order chi connectivity index (χ1) is 10.1. The molecule has 2 aromatic rings. The van der Waals surface area contributed by atoms with Gasteiger partial charge in [-0.2, -0.15) is 5.10 Å². The molecule has 0 N–H and O–H groups in total. The highest BCUT2D eigenvalue weighted by Gasteiger charge is 2.11. The van der Waals surface area contributed by atoms with E-state index in [1.807, 2.05) is 0 Å². The molecule has 1 heterocycles. The number of hydrogen-bond donors (Lipinski definition) is 0. The number of amides is 1. The summed E-state index contributed by atoms with van der Waals surface area (Å²) in [5.74, 6) is 0.788. The number of methoxy groups -OCH3 is 1. The zero-order valence-electron chi connectivity index (χ0n) is 11.9. The molecule has 0 aliphatic heterocycles. The second-order valence-corrected chi connectivity index (χ2v) is 4.26. The summed E-state index contributed by atoms with van der Waals surface area (Å²) in [6.07, 6.45) is 4.09. The molecular weight excluding hydrogens is 274 g/mol. The number of benzene rings is 1. The van der Waals surface area contributed by atoms with E-state index in [9.17, 15) is 4.79 Å². The van der Waals surface area contributed by atoms with Crippen molar-refractivity contribution in [2.45, 2.75) is 0 Å². The zero-order valence-corrected chi connectivity index (χ0v) is 11.9. The van der Waals surface area contributed by atoms with Crippen LogP contribution < -0.4 is 9.47 Å². The molecule has 0 atom stereocenters. The second kappa shape index (κ2) is 6.51. The largest absolute Gasteiger partial charge is 0.493 e. The van der Waals surface area contributed by atoms with Crippen LogP contribution in [-0.2, 0) is 0 Å². The molecule has 0 saturated carbocycles. The Kier molecular flexibility index (Phi) is 4.50. The average Bonchev–Trinajstić information content (AvgIpc) is 2.99. The monoisotopic (exact) mass is 289 g/mol. The molecule has 0 fully saturated rings. The Labute approximate surface area is 121 Å². The van der Waals surface area contributed by atoms with Crippen molar-refractivity contribution in [3.05, 3.63) is 36.4 Å². The number of rotatable bonds is 4. The van der Waals surface area contributed by atoms with E-state index in [4.69, 9.17) is 9.47 Å². The standard InChI is InChI=1S/C13H15N5O3/c1-17(2)13(19)21-11-5-4-10(6-12(11)20-3)7-16-18-8-14-15-9-18/h4-9H,1-3H3. The molecule has 0 aliphatic carbocycles. The van der Waals surface area contributed by atoms with Gasteiger partial charge >= 0.3 is 6.09 Å². The summed E-state index contributed by atoms with van der Waals surface area (Å²) in [5.41, 5.74) is 0.783. The molecule has 1 aromatic heterocycles. The lowest BCUT2D eigenvalue weighted by Gasteiger charge is -2.13. The zero-order chi connectivity index (χ0) is 15.2. The van der Waals surface area contributed by atoms with E-state index in [-0.39, 0.29) is 0 Å². The predicted molar refractivity (Wildman–Crippen MR) is 75.7 cm³/mol. The van der Waals surface area contributed by atoms with Crippen molar-refractivity contribution in [1.29, 1.82) is 0 Å². The topological polar surface area (TPSA) is 81.8 Å². The van der Waals surface area contributed by atoms with Crippen molar-refractivity contribution in [2.75, 3.05) is 21.2 Å². The fourth-order valence-electron chi connectivity index (χ4n) is 1.42. The summed E-state index contributed by atoms with van der Waals surface area (Å²) < 4.78 is 11.9. The minimum atomic E-state index is -0.473. The van der Waals surface area contributed by atoms with E-state index in [2.05, 4.69) is 15.3 Å². The Bertz CT molecular complexity index is 637. The first-order valence-corrected chi connectivity index (χ1v) is 6.06. The SMILES string of the molecule is COc1cc(C=Nn2cnnc2)ccc1OC(=O)N(C)C. The molecular formula is C13H15N5O3. The van der Waals surface area contributed by atoms with Crippen LogP contribution in [0.1, 0.15) is 5.56 Å². The number of carbonyl (C=O) groups excluding carboxylic acids is 1. The molecule has 21 heavy (non-hydrogen) atoms. The van der Waals surface area contributed by atoms with Crippen molar-refractivity contribution >= 4 is 12.3 Å². The van der Waals surface area contributed by atoms with Gasteiger partial charge in [0.15, 0.2) is 11.5 Å². The lowest BCUT2D eigenvalue weighted by molar-refractivity contribution is 0.170. The van der Waals surface area contributed by atoms with Gasteiger partial charge in [-0.1, -0.05) is 0 Å². The van der Waals surface area contributed by atoms with E-state index in [1.54, 1.807) is 38.5 Å². The summed E-state index contributed by atoms with van der Waals surface area (Å²) in [6, 6.07) is 5.12. The van der Waals surface area contributed by atoms with E-state index >= 15 is 0 Å². The molecule has 0 bridgehead atoms. The third-order valence-electron chi connectivity index (χ3n) is 2.50. The van der Waals surface area contributed by atoms with Crippen LogP contribution in [0.4, 0.5) is 4.79 Å². The molecule has 0 spiro atoms. The minimum Gasteiger partial charge on any atom is -0.493 e. The summed E-state index contributed by atoms with van der Waals surface area (Å²) in [7, 11) is 4.72. The van der Waals surface area contributed by atoms with Crippen molar-refractivity contribution in [1.82, 2.24) is 19.8 Å². The highest BCUT2D eigenvalue weighted by Crippen LogP contribution is 2.28. The van der Waals surface area contributed by atoms with Crippen molar-refractivity contribution in [2.24, 2.45) is 5.10 Å². The fourth-order valence-corrected chi connectivity index (χ4v) is 1.42. The Morgan fingerprint density at radius 3 is 2.62 bits per heavy atom. The van der Waals surface area contributed by atoms with Crippen molar-refractivity contribution in [3.8, 4) is 11.5 Å². The van der Waals surface area contributed by atoms with Crippen LogP contribution in [0, 0.1) is 0 Å². The van der Waals surface area contributed by atoms with Crippen molar-refractivity contribution in [3.63, 3.8) is 0 Å². The molecule has 0 radical (unpaired) electrons. The van der Waals surface area contributed by atoms with E-state index in [0.717, 1.165) is 5.56 Å². The second-order valence-electron chi connectivity index (χ2n) is 4.26. The van der Waals surface area contributed by atoms with Crippen LogP contribution in [0.3, 0.4) is 0 Å². The Balaban J connectivity index is 2.18. The minimum absolute atomic E-state index is 0.345. The van der Waals surface area contributed by atoms with E-state index in [1.165, 1.54) is 29.3 Å². The Morgan fingerprint density at radius 2 is 2.00 bits per heavy atom. The molecule has 0 unspecified atom stereocenters. The number of ether oxygens (including phenoxy) is 2. The highest BCUT2D eigenvalue weighted by molar-refractivity contribution is 5.81. The Hall–Kier alpha value is -2.90. The normalized spacial score (nSPS) is 10.6. The van der Waals surface area contributed by atoms with Crippen LogP contribution in [-0.4, -0.2) is 53.3 Å². The highest BCUT2D eigenvalue weighted by atomic mass is 16.6. The maximum absolute atomic E-state index is 11.6. The maximum Gasteiger partial charge on any atom is 0.414 e. The molecule has 1 aromatic carbocycles. The van der Waals surface area contributed by atoms with Gasteiger partial charge in [0.2, 0.25) is 0 Å². The van der Waals surface area contributed by atoms with Gasteiger partial charge in [-0.3, -0.25) is 0 Å². The Morgan fingerprint density at radius 1 is 1.29 bits per heavy atom. The lowest BCUT2D eigenvalue weighted by Crippen LogP contribution is -2.25. The quantitative estimate of drug-likeness (QED) is 0.791. The first-order valence-electron chi connectivity index (χ1n) is 6.06. The van der Waals surface area contributed by atoms with Gasteiger partial charge < -0.3 is 14.4 Å². The van der Waals surface area contributed by atoms with E-state index in [0.29, 0.717) is 11.5 Å². The van der Waals surface area contributed by atoms with Gasteiger partial charge in [0.05, 0.1) is 13.3 Å². The lowest BCUT2D eigenvalue weighted by atomic mass is 10.2. The van der Waals surface area contributed by atoms with Crippen LogP contribution in [0.15, 0.2) is 36.0 Å². The molecule has 8 heteroatoms. The molecule has 110 valence electrons. The van der Waals surface area contributed by atoms with Crippen molar-refractivity contribution < 1.29 is 14.3 Å². The van der Waals surface area contributed by atoms with Gasteiger partial charge in [0.25, 0.3) is 0 Å². The number of hydrogen-bond acceptors (Lipinski definition) is 6. The predicted octanol–water partition coefficient (Wildman–Crippen LogP) is 1.23. The van der Waals surface area contributed by atoms with Crippen LogP contribution in [0.25, 0.3) is 0 Å². The van der Waals surface area contributed by atoms with Gasteiger partial charge in [-0.25, -0.2) is 9.47 Å². The fraction of sp³-hybridized carbons (Fsp3) is 0.231. The molecule has 0 saturated heterocycles. The third-order valence-corrected chi connectivity index (χ3v) is 2.50. The van der Waals surface area contributed by atoms with E-state index < -0.39 is 6.09 Å². The van der Waals surface area contributed by atoms with Crippen LogP contribution >= 0.6 is 0 Å².